The number of hydrogen-bond donors (Lipinski definition) is 2. The Morgan fingerprint density at radius 3 is 2.75 bits per heavy atom. The lowest BCUT2D eigenvalue weighted by Gasteiger charge is -2.12. The van der Waals surface area contributed by atoms with Crippen molar-refractivity contribution in [1.29, 1.82) is 0 Å². The summed E-state index contributed by atoms with van der Waals surface area (Å²) in [6.45, 7) is 6.50. The van der Waals surface area contributed by atoms with Crippen LogP contribution in [-0.4, -0.2) is 27.7 Å². The Bertz CT molecular complexity index is 632. The molecule has 0 bridgehead atoms. The SMILES string of the molecule is CCOc1cc(C)c(-c2nc[nH]c2CC(=O)O)cc1C. The van der Waals surface area contributed by atoms with Crippen LogP contribution in [0.5, 0.6) is 5.75 Å². The summed E-state index contributed by atoms with van der Waals surface area (Å²) in [7, 11) is 0. The topological polar surface area (TPSA) is 75.2 Å². The summed E-state index contributed by atoms with van der Waals surface area (Å²) < 4.78 is 5.56. The third-order valence-corrected chi connectivity index (χ3v) is 3.12. The third-order valence-electron chi connectivity index (χ3n) is 3.12. The van der Waals surface area contributed by atoms with Gasteiger partial charge in [-0.25, -0.2) is 4.98 Å². The van der Waals surface area contributed by atoms with Gasteiger partial charge in [-0.15, -0.1) is 0 Å². The van der Waals surface area contributed by atoms with Gasteiger partial charge in [-0.05, 0) is 44.0 Å². The maximum Gasteiger partial charge on any atom is 0.309 e. The number of nitrogens with one attached hydrogen (secondary N) is 1. The molecule has 0 aliphatic rings. The minimum atomic E-state index is -0.879. The van der Waals surface area contributed by atoms with Crippen molar-refractivity contribution in [1.82, 2.24) is 9.97 Å². The molecule has 2 aromatic rings. The van der Waals surface area contributed by atoms with Crippen LogP contribution in [-0.2, 0) is 11.2 Å². The van der Waals surface area contributed by atoms with Crippen molar-refractivity contribution in [2.24, 2.45) is 0 Å². The maximum atomic E-state index is 10.9. The summed E-state index contributed by atoms with van der Waals surface area (Å²) in [6.07, 6.45) is 1.46. The van der Waals surface area contributed by atoms with E-state index in [-0.39, 0.29) is 6.42 Å². The molecule has 0 saturated carbocycles. The molecule has 2 rings (SSSR count). The van der Waals surface area contributed by atoms with Gasteiger partial charge in [0, 0.05) is 5.56 Å². The van der Waals surface area contributed by atoms with Gasteiger partial charge in [-0.1, -0.05) is 0 Å². The van der Waals surface area contributed by atoms with Gasteiger partial charge in [-0.3, -0.25) is 4.79 Å². The Hall–Kier alpha value is -2.30. The number of nitrogens with zero attached hydrogens (tertiary/aromatic N) is 1. The van der Waals surface area contributed by atoms with E-state index < -0.39 is 5.97 Å². The normalized spacial score (nSPS) is 10.6. The number of aryl methyl sites for hydroxylation is 2. The zero-order chi connectivity index (χ0) is 14.7. The van der Waals surface area contributed by atoms with Crippen molar-refractivity contribution in [2.45, 2.75) is 27.2 Å². The predicted octanol–water partition coefficient (Wildman–Crippen LogP) is 2.72. The first-order chi connectivity index (χ1) is 9.52. The van der Waals surface area contributed by atoms with Crippen molar-refractivity contribution in [3.05, 3.63) is 35.3 Å². The summed E-state index contributed by atoms with van der Waals surface area (Å²) in [5.41, 5.74) is 4.26. The molecule has 1 heterocycles. The Balaban J connectivity index is 2.45. The molecule has 0 atom stereocenters. The number of aromatic amines is 1. The van der Waals surface area contributed by atoms with E-state index in [1.807, 2.05) is 32.9 Å². The number of ether oxygens (including phenoxy) is 1. The highest BCUT2D eigenvalue weighted by molar-refractivity contribution is 5.75. The molecule has 5 heteroatoms. The molecule has 1 aromatic heterocycles. The van der Waals surface area contributed by atoms with E-state index in [0.717, 1.165) is 22.4 Å². The summed E-state index contributed by atoms with van der Waals surface area (Å²) >= 11 is 0. The molecule has 0 saturated heterocycles. The molecule has 0 unspecified atom stereocenters. The largest absolute Gasteiger partial charge is 0.494 e. The molecule has 106 valence electrons. The average molecular weight is 274 g/mol. The maximum absolute atomic E-state index is 10.9. The highest BCUT2D eigenvalue weighted by Crippen LogP contribution is 2.30. The van der Waals surface area contributed by atoms with Crippen LogP contribution in [0.25, 0.3) is 11.3 Å². The second kappa shape index (κ2) is 5.77. The fourth-order valence-corrected chi connectivity index (χ4v) is 2.19. The monoisotopic (exact) mass is 274 g/mol. The number of carboxylic acids is 1. The third kappa shape index (κ3) is 2.82. The van der Waals surface area contributed by atoms with Gasteiger partial charge < -0.3 is 14.8 Å². The number of H-pyrrole nitrogens is 1. The van der Waals surface area contributed by atoms with E-state index >= 15 is 0 Å². The first-order valence-corrected chi connectivity index (χ1v) is 6.51. The van der Waals surface area contributed by atoms with Gasteiger partial charge >= 0.3 is 5.97 Å². The number of rotatable bonds is 5. The molecular weight excluding hydrogens is 256 g/mol. The minimum absolute atomic E-state index is 0.0684. The number of benzene rings is 1. The van der Waals surface area contributed by atoms with Crippen molar-refractivity contribution in [2.75, 3.05) is 6.61 Å². The van der Waals surface area contributed by atoms with E-state index in [1.54, 1.807) is 0 Å². The quantitative estimate of drug-likeness (QED) is 0.879. The molecule has 5 nitrogen and oxygen atoms in total. The fraction of sp³-hybridized carbons (Fsp3) is 0.333. The second-order valence-electron chi connectivity index (χ2n) is 4.67. The molecule has 0 aliphatic carbocycles. The van der Waals surface area contributed by atoms with Crippen LogP contribution in [0.15, 0.2) is 18.5 Å². The van der Waals surface area contributed by atoms with Crippen LogP contribution < -0.4 is 4.74 Å². The molecule has 1 aromatic carbocycles. The summed E-state index contributed by atoms with van der Waals surface area (Å²) in [5, 5.41) is 8.93. The minimum Gasteiger partial charge on any atom is -0.494 e. The first-order valence-electron chi connectivity index (χ1n) is 6.51. The zero-order valence-electron chi connectivity index (χ0n) is 11.9. The van der Waals surface area contributed by atoms with Crippen molar-refractivity contribution in [3.63, 3.8) is 0 Å². The van der Waals surface area contributed by atoms with E-state index in [1.165, 1.54) is 6.33 Å². The van der Waals surface area contributed by atoms with Crippen molar-refractivity contribution < 1.29 is 14.6 Å². The fourth-order valence-electron chi connectivity index (χ4n) is 2.19. The molecular formula is C15H18N2O3. The van der Waals surface area contributed by atoms with Gasteiger partial charge in [0.1, 0.15) is 5.75 Å². The smallest absolute Gasteiger partial charge is 0.309 e. The number of hydrogen-bond acceptors (Lipinski definition) is 3. The van der Waals surface area contributed by atoms with Crippen LogP contribution in [0.3, 0.4) is 0 Å². The Labute approximate surface area is 117 Å². The van der Waals surface area contributed by atoms with E-state index in [0.29, 0.717) is 18.0 Å². The number of aromatic nitrogens is 2. The number of aliphatic carboxylic acids is 1. The highest BCUT2D eigenvalue weighted by Gasteiger charge is 2.15. The predicted molar refractivity (Wildman–Crippen MR) is 76.0 cm³/mol. The summed E-state index contributed by atoms with van der Waals surface area (Å²) in [5.74, 6) is -0.0279. The van der Waals surface area contributed by atoms with E-state index in [2.05, 4.69) is 9.97 Å². The van der Waals surface area contributed by atoms with Crippen LogP contribution in [0, 0.1) is 13.8 Å². The van der Waals surface area contributed by atoms with Gasteiger partial charge in [0.25, 0.3) is 0 Å². The van der Waals surface area contributed by atoms with Crippen molar-refractivity contribution >= 4 is 5.97 Å². The van der Waals surface area contributed by atoms with Crippen LogP contribution in [0.2, 0.25) is 0 Å². The highest BCUT2D eigenvalue weighted by atomic mass is 16.5. The Kier molecular flexibility index (Phi) is 4.08. The lowest BCUT2D eigenvalue weighted by atomic mass is 10.00. The first kappa shape index (κ1) is 14.1. The van der Waals surface area contributed by atoms with Crippen LogP contribution in [0.4, 0.5) is 0 Å². The molecule has 2 N–H and O–H groups in total. The van der Waals surface area contributed by atoms with Crippen LogP contribution >= 0.6 is 0 Å². The lowest BCUT2D eigenvalue weighted by Crippen LogP contribution is -2.03. The molecule has 20 heavy (non-hydrogen) atoms. The number of carbonyl (C=O) groups is 1. The molecule has 0 amide bonds. The summed E-state index contributed by atoms with van der Waals surface area (Å²) in [4.78, 5) is 18.0. The molecule has 0 aliphatic heterocycles. The van der Waals surface area contributed by atoms with Crippen LogP contribution in [0.1, 0.15) is 23.7 Å². The molecule has 0 fully saturated rings. The molecule has 0 spiro atoms. The summed E-state index contributed by atoms with van der Waals surface area (Å²) in [6, 6.07) is 3.95. The Morgan fingerprint density at radius 2 is 2.10 bits per heavy atom. The zero-order valence-corrected chi connectivity index (χ0v) is 11.9. The van der Waals surface area contributed by atoms with E-state index in [4.69, 9.17) is 9.84 Å². The standard InChI is InChI=1S/C15H18N2O3/c1-4-20-13-6-9(2)11(5-10(13)3)15-12(7-14(18)19)16-8-17-15/h5-6,8H,4,7H2,1-3H3,(H,16,17)(H,18,19). The Morgan fingerprint density at radius 1 is 1.35 bits per heavy atom. The van der Waals surface area contributed by atoms with Gasteiger partial charge in [0.2, 0.25) is 0 Å². The number of carboxylic acid groups (broad SMARTS) is 1. The average Bonchev–Trinajstić information content (AvgIpc) is 2.81. The lowest BCUT2D eigenvalue weighted by molar-refractivity contribution is -0.136. The van der Waals surface area contributed by atoms with E-state index in [9.17, 15) is 4.79 Å². The van der Waals surface area contributed by atoms with Gasteiger partial charge in [-0.2, -0.15) is 0 Å². The van der Waals surface area contributed by atoms with Gasteiger partial charge in [0.05, 0.1) is 30.7 Å². The van der Waals surface area contributed by atoms with Crippen molar-refractivity contribution in [3.8, 4) is 17.0 Å². The number of imidazole rings is 1. The second-order valence-corrected chi connectivity index (χ2v) is 4.67. The van der Waals surface area contributed by atoms with Gasteiger partial charge in [0.15, 0.2) is 0 Å². The molecule has 0 radical (unpaired) electrons.